The lowest BCUT2D eigenvalue weighted by Gasteiger charge is -2.16. The van der Waals surface area contributed by atoms with E-state index in [9.17, 15) is 28.8 Å². The zero-order valence-corrected chi connectivity index (χ0v) is 41.3. The van der Waals surface area contributed by atoms with Crippen molar-refractivity contribution in [2.75, 3.05) is 53.1 Å². The van der Waals surface area contributed by atoms with Gasteiger partial charge in [0.25, 0.3) is 23.6 Å². The summed E-state index contributed by atoms with van der Waals surface area (Å²) in [5.74, 6) is -2.31. The Kier molecular flexibility index (Phi) is 20.0. The van der Waals surface area contributed by atoms with Gasteiger partial charge in [0.15, 0.2) is 11.6 Å². The van der Waals surface area contributed by atoms with Crippen LogP contribution in [0.1, 0.15) is 51.3 Å². The van der Waals surface area contributed by atoms with Crippen molar-refractivity contribution in [2.24, 2.45) is 20.5 Å². The Morgan fingerprint density at radius 3 is 1.38 bits per heavy atom. The molecule has 0 aliphatic carbocycles. The van der Waals surface area contributed by atoms with E-state index in [0.717, 1.165) is 25.0 Å². The van der Waals surface area contributed by atoms with Gasteiger partial charge < -0.3 is 30.7 Å². The van der Waals surface area contributed by atoms with Gasteiger partial charge >= 0.3 is 0 Å². The van der Waals surface area contributed by atoms with Crippen molar-refractivity contribution in [1.82, 2.24) is 0 Å². The van der Waals surface area contributed by atoms with E-state index in [0.29, 0.717) is 53.0 Å². The third-order valence-corrected chi connectivity index (χ3v) is 11.3. The number of ether oxygens (including phenoxy) is 2. The summed E-state index contributed by atoms with van der Waals surface area (Å²) >= 11 is 30.7. The van der Waals surface area contributed by atoms with Gasteiger partial charge in [0.1, 0.15) is 22.9 Å². The van der Waals surface area contributed by atoms with Gasteiger partial charge in [-0.05, 0) is 117 Å². The van der Waals surface area contributed by atoms with Crippen LogP contribution >= 0.6 is 58.0 Å². The van der Waals surface area contributed by atoms with Crippen LogP contribution in [0.4, 0.5) is 34.1 Å². The molecule has 5 aromatic rings. The number of carbonyl (C=O) groups is 6. The highest BCUT2D eigenvalue weighted by Crippen LogP contribution is 2.34. The van der Waals surface area contributed by atoms with Gasteiger partial charge in [-0.2, -0.15) is 20.5 Å². The van der Waals surface area contributed by atoms with Crippen molar-refractivity contribution in [3.63, 3.8) is 0 Å². The van der Waals surface area contributed by atoms with Gasteiger partial charge in [-0.1, -0.05) is 47.5 Å². The molecule has 5 aromatic carbocycles. The number of nitrogens with zero attached hydrogens (tertiary/aromatic N) is 4. The van der Waals surface area contributed by atoms with Crippen LogP contribution in [0.3, 0.4) is 0 Å². The Labute approximate surface area is 422 Å². The lowest BCUT2D eigenvalue weighted by molar-refractivity contribution is -0.127. The molecule has 0 saturated heterocycles. The number of ketones is 2. The average Bonchev–Trinajstić information content (AvgIpc) is 3.31. The first-order chi connectivity index (χ1) is 33.1. The van der Waals surface area contributed by atoms with Crippen LogP contribution in [0.25, 0.3) is 0 Å². The molecule has 0 bridgehead atoms. The molecule has 69 heavy (non-hydrogen) atoms. The van der Waals surface area contributed by atoms with Gasteiger partial charge in [0.05, 0.1) is 35.6 Å². The van der Waals surface area contributed by atoms with E-state index in [1.54, 1.807) is 24.3 Å². The molecule has 0 heterocycles. The third kappa shape index (κ3) is 14.3. The molecule has 5 rings (SSSR count). The van der Waals surface area contributed by atoms with Gasteiger partial charge in [0, 0.05) is 40.1 Å². The number of hydrogen-bond acceptors (Lipinski definition) is 12. The molecule has 0 aromatic heterocycles. The number of anilines is 4. The molecule has 0 radical (unpaired) electrons. The van der Waals surface area contributed by atoms with Crippen LogP contribution in [0.15, 0.2) is 111 Å². The number of amides is 4. The summed E-state index contributed by atoms with van der Waals surface area (Å²) in [5.41, 5.74) is 3.68. The van der Waals surface area contributed by atoms with E-state index in [1.807, 2.05) is 12.1 Å². The number of rotatable bonds is 22. The number of methoxy groups -OCH3 is 2. The van der Waals surface area contributed by atoms with E-state index in [1.165, 1.54) is 68.8 Å². The number of aryl methyl sites for hydroxylation is 3. The number of Topliss-reactive ketones (excluding diaryl/α,β-unsaturated/α-hetero) is 2. The maximum atomic E-state index is 13.6. The predicted molar refractivity (Wildman–Crippen MR) is 270 cm³/mol. The highest BCUT2D eigenvalue weighted by atomic mass is 35.5. The zero-order chi connectivity index (χ0) is 50.2. The predicted octanol–water partition coefficient (Wildman–Crippen LogP) is 11.2. The summed E-state index contributed by atoms with van der Waals surface area (Å²) < 4.78 is 11.0. The molecule has 0 aliphatic heterocycles. The topological polar surface area (TPSA) is 218 Å². The van der Waals surface area contributed by atoms with Gasteiger partial charge in [0.2, 0.25) is 12.1 Å². The number of alkyl halides is 3. The number of carbonyl (C=O) groups excluding carboxylic acids is 6. The van der Waals surface area contributed by atoms with Crippen molar-refractivity contribution in [1.29, 1.82) is 0 Å². The molecule has 2 atom stereocenters. The van der Waals surface area contributed by atoms with Crippen LogP contribution in [0.5, 0.6) is 11.5 Å². The molecule has 0 spiro atoms. The molecule has 360 valence electrons. The second-order valence-electron chi connectivity index (χ2n) is 14.9. The summed E-state index contributed by atoms with van der Waals surface area (Å²) in [4.78, 5) is 79.1. The molecule has 0 fully saturated rings. The molecule has 2 unspecified atom stereocenters. The number of benzene rings is 5. The lowest BCUT2D eigenvalue weighted by Crippen LogP contribution is -2.32. The monoisotopic (exact) mass is 1040 g/mol. The van der Waals surface area contributed by atoms with Gasteiger partial charge in [-0.15, -0.1) is 34.8 Å². The molecular weight excluding hydrogens is 994 g/mol. The molecule has 21 heteroatoms. The first-order valence-corrected chi connectivity index (χ1v) is 23.3. The number of nitrogens with one attached hydrogen (secondary N) is 4. The molecule has 0 aliphatic rings. The Bertz CT molecular complexity index is 2810. The van der Waals surface area contributed by atoms with Crippen LogP contribution in [0, 0.1) is 0 Å². The summed E-state index contributed by atoms with van der Waals surface area (Å²) in [6.07, 6.45) is 1.24. The number of hydrogen-bond donors (Lipinski definition) is 4. The van der Waals surface area contributed by atoms with E-state index in [-0.39, 0.29) is 56.2 Å². The lowest BCUT2D eigenvalue weighted by atomic mass is 10.1. The number of azo groups is 2. The summed E-state index contributed by atoms with van der Waals surface area (Å²) in [6, 6.07) is 20.2. The fourth-order valence-corrected chi connectivity index (χ4v) is 7.61. The minimum atomic E-state index is -1.64. The average molecular weight is 1040 g/mol. The first-order valence-electron chi connectivity index (χ1n) is 20.9. The van der Waals surface area contributed by atoms with Gasteiger partial charge in [-0.25, -0.2) is 0 Å². The summed E-state index contributed by atoms with van der Waals surface area (Å²) in [7, 11) is 2.97. The molecule has 4 N–H and O–H groups in total. The summed E-state index contributed by atoms with van der Waals surface area (Å²) in [6.45, 7) is 2.32. The Balaban J connectivity index is 1.28. The quantitative estimate of drug-likeness (QED) is 0.0296. The Morgan fingerprint density at radius 1 is 0.522 bits per heavy atom. The van der Waals surface area contributed by atoms with Crippen molar-refractivity contribution in [2.45, 2.75) is 45.2 Å². The fraction of sp³-hybridized carbons (Fsp3) is 0.250. The van der Waals surface area contributed by atoms with Gasteiger partial charge in [-0.3, -0.25) is 28.8 Å². The fourth-order valence-electron chi connectivity index (χ4n) is 6.69. The maximum Gasteiger partial charge on any atom is 0.258 e. The highest BCUT2D eigenvalue weighted by molar-refractivity contribution is 6.33. The van der Waals surface area contributed by atoms with Crippen molar-refractivity contribution in [3.8, 4) is 11.5 Å². The summed E-state index contributed by atoms with van der Waals surface area (Å²) in [5, 5.41) is 27.2. The third-order valence-electron chi connectivity index (χ3n) is 10.1. The molecule has 0 saturated carbocycles. The molecule has 16 nitrogen and oxygen atoms in total. The van der Waals surface area contributed by atoms with Crippen LogP contribution in [-0.4, -0.2) is 79.1 Å². The van der Waals surface area contributed by atoms with E-state index in [4.69, 9.17) is 67.5 Å². The smallest absolute Gasteiger partial charge is 0.258 e. The first kappa shape index (κ1) is 53.5. The van der Waals surface area contributed by atoms with Crippen molar-refractivity contribution in [3.05, 3.63) is 129 Å². The maximum absolute atomic E-state index is 13.6. The van der Waals surface area contributed by atoms with E-state index < -0.39 is 47.3 Å². The second-order valence-corrected chi connectivity index (χ2v) is 16.8. The second kappa shape index (κ2) is 25.8. The number of para-hydroxylation sites is 2. The van der Waals surface area contributed by atoms with Crippen molar-refractivity contribution < 1.29 is 38.2 Å². The van der Waals surface area contributed by atoms with Crippen LogP contribution in [0.2, 0.25) is 10.0 Å². The Morgan fingerprint density at radius 2 is 0.957 bits per heavy atom. The highest BCUT2D eigenvalue weighted by Gasteiger charge is 2.27. The normalized spacial score (nSPS) is 12.0. The molecule has 4 amide bonds. The number of halogens is 5. The van der Waals surface area contributed by atoms with Crippen molar-refractivity contribution >= 4 is 127 Å². The Hall–Kier alpha value is -6.43. The SMILES string of the molecule is COc1c(CCCl)cccc1NC(=O)c1ccc(Cl)c(N=NC(C(C)=O)C(=O)Nc2ccc(NC(=O)C(N=Nc3cc(C(=O)Nc4cccc(CCCl)c4OC)ccc3Cl)C(C)=O)c(CCCl)c2)c1. The van der Waals surface area contributed by atoms with Crippen LogP contribution in [-0.2, 0) is 38.4 Å². The zero-order valence-electron chi connectivity index (χ0n) is 37.5. The van der Waals surface area contributed by atoms with Crippen LogP contribution < -0.4 is 30.7 Å². The largest absolute Gasteiger partial charge is 0.494 e. The minimum absolute atomic E-state index is 0.0131. The minimum Gasteiger partial charge on any atom is -0.494 e. The molecular formula is C48H45Cl5N8O8. The standard InChI is InChI=1S/C48H45Cl5N8O8/c1-26(62)41(60-58-39-24-31(11-14-34(39)52)45(64)56-37-9-5-7-28(17-20-49)43(37)68-3)47(66)54-33-13-16-36(30(23-33)19-22-51)55-48(67)42(27(2)63)61-59-40-25-32(12-15-35(40)53)46(65)57-38-10-6-8-29(18-21-50)44(38)69-4/h5-16,23-25,41-42H,17-22H2,1-4H3,(H,54,66)(H,55,67)(H,56,64)(H,57,65). The van der Waals surface area contributed by atoms with E-state index in [2.05, 4.69) is 41.7 Å². The van der Waals surface area contributed by atoms with E-state index >= 15 is 0 Å².